The number of hydrogen-bond acceptors (Lipinski definition) is 0. The highest BCUT2D eigenvalue weighted by Gasteiger charge is 1.98. The monoisotopic (exact) mass is 525 g/mol. The molecule has 0 aliphatic carbocycles. The summed E-state index contributed by atoms with van der Waals surface area (Å²) in [7, 11) is 0. The molecule has 1 aromatic carbocycles. The van der Waals surface area contributed by atoms with Crippen molar-refractivity contribution >= 4 is 0 Å². The minimum Gasteiger partial charge on any atom is -0.103 e. The van der Waals surface area contributed by atoms with E-state index in [0.717, 1.165) is 0 Å². The molecule has 0 amide bonds. The van der Waals surface area contributed by atoms with Gasteiger partial charge in [0.2, 0.25) is 0 Å². The summed E-state index contributed by atoms with van der Waals surface area (Å²) in [6.07, 6.45) is 38.4. The fraction of sp³-hybridized carbons (Fsp3) is 0.684. The van der Waals surface area contributed by atoms with Crippen molar-refractivity contribution in [3.05, 3.63) is 72.9 Å². The maximum atomic E-state index is 3.66. The van der Waals surface area contributed by atoms with Gasteiger partial charge in [0.1, 0.15) is 0 Å². The third-order valence-corrected chi connectivity index (χ3v) is 6.85. The molecule has 0 radical (unpaired) electrons. The molecule has 38 heavy (non-hydrogen) atoms. The van der Waals surface area contributed by atoms with Crippen LogP contribution in [0, 0.1) is 0 Å². The van der Waals surface area contributed by atoms with Crippen LogP contribution in [0.5, 0.6) is 0 Å². The first kappa shape index (κ1) is 38.6. The zero-order valence-electron chi connectivity index (χ0n) is 26.7. The molecule has 1 aromatic rings. The minimum atomic E-state index is 0.548. The highest BCUT2D eigenvalue weighted by atomic mass is 14.0. The average Bonchev–Trinajstić information content (AvgIpc) is 2.95. The van der Waals surface area contributed by atoms with E-state index in [4.69, 9.17) is 0 Å². The Kier molecular flexibility index (Phi) is 36.0. The molecule has 0 bridgehead atoms. The summed E-state index contributed by atoms with van der Waals surface area (Å²) in [4.78, 5) is 0. The fourth-order valence-corrected chi connectivity index (χ4v) is 4.19. The zero-order valence-corrected chi connectivity index (χ0v) is 26.7. The first-order valence-corrected chi connectivity index (χ1v) is 16.6. The lowest BCUT2D eigenvalue weighted by Gasteiger charge is -2.05. The van der Waals surface area contributed by atoms with Crippen molar-refractivity contribution in [1.29, 1.82) is 0 Å². The lowest BCUT2D eigenvalue weighted by molar-refractivity contribution is 0.665. The lowest BCUT2D eigenvalue weighted by Crippen LogP contribution is -1.87. The first-order valence-electron chi connectivity index (χ1n) is 16.6. The van der Waals surface area contributed by atoms with Crippen LogP contribution < -0.4 is 0 Å². The van der Waals surface area contributed by atoms with Crippen molar-refractivity contribution in [2.45, 2.75) is 169 Å². The van der Waals surface area contributed by atoms with Crippen LogP contribution in [0.4, 0.5) is 0 Å². The van der Waals surface area contributed by atoms with Gasteiger partial charge in [-0.3, -0.25) is 0 Å². The summed E-state index contributed by atoms with van der Waals surface area (Å²) in [5, 5.41) is 0. The van der Waals surface area contributed by atoms with Crippen LogP contribution >= 0.6 is 0 Å². The van der Waals surface area contributed by atoms with Crippen molar-refractivity contribution in [3.8, 4) is 0 Å². The van der Waals surface area contributed by atoms with E-state index < -0.39 is 0 Å². The Morgan fingerprint density at radius 2 is 0.921 bits per heavy atom. The van der Waals surface area contributed by atoms with Gasteiger partial charge < -0.3 is 0 Å². The summed E-state index contributed by atoms with van der Waals surface area (Å²) < 4.78 is 0. The van der Waals surface area contributed by atoms with Gasteiger partial charge >= 0.3 is 0 Å². The number of allylic oxidation sites excluding steroid dienone is 5. The van der Waals surface area contributed by atoms with Crippen LogP contribution in [0.25, 0.3) is 0 Å². The topological polar surface area (TPSA) is 0 Å². The van der Waals surface area contributed by atoms with Gasteiger partial charge in [-0.05, 0) is 62.8 Å². The van der Waals surface area contributed by atoms with E-state index in [9.17, 15) is 0 Å². The molecule has 220 valence electrons. The van der Waals surface area contributed by atoms with Crippen LogP contribution in [0.15, 0.2) is 67.3 Å². The van der Waals surface area contributed by atoms with Gasteiger partial charge in [-0.15, -0.1) is 6.58 Å². The highest BCUT2D eigenvalue weighted by molar-refractivity contribution is 5.22. The van der Waals surface area contributed by atoms with E-state index in [0.29, 0.717) is 5.92 Å². The van der Waals surface area contributed by atoms with E-state index in [1.807, 2.05) is 6.08 Å². The normalized spacial score (nSPS) is 11.6. The summed E-state index contributed by atoms with van der Waals surface area (Å²) in [5.74, 6) is 0.548. The second-order valence-electron chi connectivity index (χ2n) is 10.8. The van der Waals surface area contributed by atoms with Crippen molar-refractivity contribution in [1.82, 2.24) is 0 Å². The van der Waals surface area contributed by atoms with Gasteiger partial charge in [0, 0.05) is 0 Å². The maximum absolute atomic E-state index is 3.66. The van der Waals surface area contributed by atoms with Crippen LogP contribution in [0.3, 0.4) is 0 Å². The first-order chi connectivity index (χ1) is 18.7. The van der Waals surface area contributed by atoms with Gasteiger partial charge in [-0.1, -0.05) is 172 Å². The molecule has 1 unspecified atom stereocenters. The van der Waals surface area contributed by atoms with Crippen molar-refractivity contribution in [2.75, 3.05) is 0 Å². The molecule has 0 aliphatic rings. The predicted molar refractivity (Wildman–Crippen MR) is 178 cm³/mol. The Hall–Kier alpha value is -1.56. The summed E-state index contributed by atoms with van der Waals surface area (Å²) in [6, 6.07) is 10.7. The molecular formula is C38H68. The zero-order chi connectivity index (χ0) is 28.4. The third kappa shape index (κ3) is 32.5. The Balaban J connectivity index is 0. The summed E-state index contributed by atoms with van der Waals surface area (Å²) >= 11 is 0. The molecule has 0 nitrogen and oxygen atoms in total. The number of hydrogen-bond donors (Lipinski definition) is 0. The van der Waals surface area contributed by atoms with Crippen LogP contribution in [-0.2, 0) is 0 Å². The molecule has 0 heteroatoms. The Morgan fingerprint density at radius 3 is 1.32 bits per heavy atom. The van der Waals surface area contributed by atoms with Gasteiger partial charge in [-0.25, -0.2) is 0 Å². The fourth-order valence-electron chi connectivity index (χ4n) is 4.19. The maximum Gasteiger partial charge on any atom is -0.00104 e. The number of benzene rings is 1. The van der Waals surface area contributed by atoms with Crippen molar-refractivity contribution in [3.63, 3.8) is 0 Å². The van der Waals surface area contributed by atoms with Crippen molar-refractivity contribution < 1.29 is 0 Å². The molecule has 0 fully saturated rings. The molecule has 0 N–H and O–H groups in total. The molecule has 1 rings (SSSR count). The van der Waals surface area contributed by atoms with Gasteiger partial charge in [0.05, 0.1) is 0 Å². The minimum absolute atomic E-state index is 0.548. The van der Waals surface area contributed by atoms with E-state index in [-0.39, 0.29) is 0 Å². The van der Waals surface area contributed by atoms with Crippen molar-refractivity contribution in [2.24, 2.45) is 0 Å². The van der Waals surface area contributed by atoms with E-state index >= 15 is 0 Å². The van der Waals surface area contributed by atoms with Crippen LogP contribution in [0.2, 0.25) is 0 Å². The highest BCUT2D eigenvalue weighted by Crippen LogP contribution is 2.16. The standard InChI is InChI=1S/C16H24.C14H28.C8H16/c1-3-4-5-6-7-9-12-15(2)16-13-10-8-11-14-16;1-3-5-7-9-11-13-14-12-10-8-6-4-2;1-3-5-7-8-6-4-2/h8-15H,3-7H2,1-2H3;13-14H,3-12H2,1-2H3;3H,1,4-8H2,2H3/b12-9+;14-13+;. The van der Waals surface area contributed by atoms with E-state index in [1.165, 1.54) is 134 Å². The Bertz CT molecular complexity index is 580. The molecule has 0 aromatic heterocycles. The van der Waals surface area contributed by atoms with Gasteiger partial charge in [0.25, 0.3) is 0 Å². The van der Waals surface area contributed by atoms with Crippen LogP contribution in [0.1, 0.15) is 175 Å². The molecule has 0 saturated carbocycles. The summed E-state index contributed by atoms with van der Waals surface area (Å²) in [6.45, 7) is 14.9. The lowest BCUT2D eigenvalue weighted by atomic mass is 10.0. The largest absolute Gasteiger partial charge is 0.103 e. The number of rotatable bonds is 22. The quantitative estimate of drug-likeness (QED) is 0.104. The van der Waals surface area contributed by atoms with Gasteiger partial charge in [-0.2, -0.15) is 0 Å². The molecule has 1 atom stereocenters. The third-order valence-electron chi connectivity index (χ3n) is 6.85. The second kappa shape index (κ2) is 35.4. The molecule has 0 saturated heterocycles. The smallest absolute Gasteiger partial charge is 0.00104 e. The van der Waals surface area contributed by atoms with Gasteiger partial charge in [0.15, 0.2) is 0 Å². The SMILES string of the molecule is C=CCCCCCC.CCCCCC/C=C/C(C)c1ccccc1.CCCCCC/C=C/CCCCCC. The van der Waals surface area contributed by atoms with E-state index in [1.54, 1.807) is 0 Å². The Morgan fingerprint density at radius 1 is 0.526 bits per heavy atom. The molecule has 0 aliphatic heterocycles. The predicted octanol–water partition coefficient (Wildman–Crippen LogP) is 13.9. The average molecular weight is 525 g/mol. The van der Waals surface area contributed by atoms with Crippen LogP contribution in [-0.4, -0.2) is 0 Å². The number of unbranched alkanes of at least 4 members (excludes halogenated alkanes) is 16. The van der Waals surface area contributed by atoms with E-state index in [2.05, 4.69) is 95.8 Å². The second-order valence-corrected chi connectivity index (χ2v) is 10.8. The molecule has 0 spiro atoms. The summed E-state index contributed by atoms with van der Waals surface area (Å²) in [5.41, 5.74) is 1.41. The Labute approximate surface area is 241 Å². The molecule has 0 heterocycles. The molecular weight excluding hydrogens is 456 g/mol.